The maximum absolute atomic E-state index is 12.3. The Kier molecular flexibility index (Phi) is 4.50. The van der Waals surface area contributed by atoms with E-state index in [0.717, 1.165) is 18.7 Å². The van der Waals surface area contributed by atoms with Crippen molar-refractivity contribution in [2.24, 2.45) is 0 Å². The molecule has 2 aromatic heterocycles. The van der Waals surface area contributed by atoms with Crippen molar-refractivity contribution in [3.63, 3.8) is 0 Å². The number of aromatic hydroxyl groups is 1. The Morgan fingerprint density at radius 2 is 1.87 bits per heavy atom. The molecule has 2 fully saturated rings. The lowest BCUT2D eigenvalue weighted by atomic mass is 9.97. The monoisotopic (exact) mass is 406 g/mol. The number of piperidine rings is 1. The number of aryl methyl sites for hydroxylation is 1. The summed E-state index contributed by atoms with van der Waals surface area (Å²) in [6.45, 7) is 1.71. The third-order valence-corrected chi connectivity index (χ3v) is 6.88. The largest absolute Gasteiger partial charge is 0.507 e. The molecule has 0 aliphatic carbocycles. The van der Waals surface area contributed by atoms with E-state index in [2.05, 4.69) is 34.1 Å². The van der Waals surface area contributed by atoms with Crippen molar-refractivity contribution in [1.29, 1.82) is 0 Å². The summed E-state index contributed by atoms with van der Waals surface area (Å²) in [5.41, 5.74) is 1.21. The number of benzene rings is 1. The van der Waals surface area contributed by atoms with Gasteiger partial charge in [0, 0.05) is 42.9 Å². The normalized spacial score (nSPS) is 23.8. The van der Waals surface area contributed by atoms with Gasteiger partial charge in [-0.25, -0.2) is 0 Å². The van der Waals surface area contributed by atoms with Crippen LogP contribution in [-0.2, 0) is 0 Å². The maximum atomic E-state index is 12.3. The summed E-state index contributed by atoms with van der Waals surface area (Å²) in [5, 5.41) is 19.7. The Bertz CT molecular complexity index is 1140. The summed E-state index contributed by atoms with van der Waals surface area (Å²) in [7, 11) is 4.32. The summed E-state index contributed by atoms with van der Waals surface area (Å²) < 4.78 is 5.56. The highest BCUT2D eigenvalue weighted by atomic mass is 16.3. The van der Waals surface area contributed by atoms with Crippen LogP contribution in [0.5, 0.6) is 5.75 Å². The quantitative estimate of drug-likeness (QED) is 0.714. The smallest absolute Gasteiger partial charge is 0.192 e. The zero-order chi connectivity index (χ0) is 21.0. The Balaban J connectivity index is 1.42. The van der Waals surface area contributed by atoms with Gasteiger partial charge in [0.2, 0.25) is 0 Å². The molecular formula is C23H26N4O3. The number of aromatic nitrogens is 2. The van der Waals surface area contributed by atoms with Crippen molar-refractivity contribution in [2.45, 2.75) is 50.7 Å². The average molecular weight is 406 g/mol. The predicted octanol–water partition coefficient (Wildman–Crippen LogP) is 3.33. The first kappa shape index (κ1) is 19.1. The van der Waals surface area contributed by atoms with Gasteiger partial charge < -0.3 is 19.3 Å². The second-order valence-electron chi connectivity index (χ2n) is 8.65. The van der Waals surface area contributed by atoms with Crippen LogP contribution in [0.25, 0.3) is 22.2 Å². The summed E-state index contributed by atoms with van der Waals surface area (Å²) in [6, 6.07) is 10.1. The van der Waals surface area contributed by atoms with Gasteiger partial charge in [0.05, 0.1) is 11.1 Å². The van der Waals surface area contributed by atoms with Gasteiger partial charge in [-0.05, 0) is 57.9 Å². The zero-order valence-electron chi connectivity index (χ0n) is 17.5. The van der Waals surface area contributed by atoms with Gasteiger partial charge in [-0.15, -0.1) is 10.2 Å². The number of hydrogen-bond acceptors (Lipinski definition) is 7. The molecule has 2 atom stereocenters. The highest BCUT2D eigenvalue weighted by molar-refractivity contribution is 5.86. The van der Waals surface area contributed by atoms with Crippen molar-refractivity contribution in [1.82, 2.24) is 15.1 Å². The van der Waals surface area contributed by atoms with E-state index >= 15 is 0 Å². The van der Waals surface area contributed by atoms with Crippen LogP contribution in [0.3, 0.4) is 0 Å². The molecular weight excluding hydrogens is 380 g/mol. The summed E-state index contributed by atoms with van der Waals surface area (Å²) in [4.78, 5) is 17.1. The molecule has 2 unspecified atom stereocenters. The summed E-state index contributed by atoms with van der Waals surface area (Å²) >= 11 is 0. The molecule has 2 saturated heterocycles. The van der Waals surface area contributed by atoms with Gasteiger partial charge in [0.1, 0.15) is 17.1 Å². The van der Waals surface area contributed by atoms with Crippen molar-refractivity contribution in [2.75, 3.05) is 19.0 Å². The van der Waals surface area contributed by atoms with E-state index in [4.69, 9.17) is 4.42 Å². The van der Waals surface area contributed by atoms with Gasteiger partial charge in [0.25, 0.3) is 0 Å². The fourth-order valence-corrected chi connectivity index (χ4v) is 5.06. The van der Waals surface area contributed by atoms with Crippen LogP contribution in [0.4, 0.5) is 5.82 Å². The second kappa shape index (κ2) is 7.09. The molecule has 4 heterocycles. The van der Waals surface area contributed by atoms with Crippen LogP contribution in [-0.4, -0.2) is 52.4 Å². The summed E-state index contributed by atoms with van der Waals surface area (Å²) in [5.74, 6) is 1.34. The molecule has 0 saturated carbocycles. The number of hydrogen-bond donors (Lipinski definition) is 1. The third-order valence-electron chi connectivity index (χ3n) is 6.88. The molecule has 5 rings (SSSR count). The molecule has 0 radical (unpaired) electrons. The van der Waals surface area contributed by atoms with Crippen molar-refractivity contribution < 1.29 is 9.52 Å². The van der Waals surface area contributed by atoms with Gasteiger partial charge in [-0.3, -0.25) is 4.79 Å². The fourth-order valence-electron chi connectivity index (χ4n) is 5.06. The number of rotatable bonds is 3. The SMILES string of the molecule is Cc1cc(=O)c2cc(-c3ccc(N(C)C4CC5CCC(C4)N5C)nn3)c(O)cc2o1. The molecule has 0 amide bonds. The highest BCUT2D eigenvalue weighted by Gasteiger charge is 2.40. The van der Waals surface area contributed by atoms with E-state index in [1.54, 1.807) is 13.0 Å². The number of nitrogens with zero attached hydrogens (tertiary/aromatic N) is 4. The minimum absolute atomic E-state index is 0.0125. The molecule has 1 N–H and O–H groups in total. The molecule has 1 aromatic carbocycles. The molecule has 7 nitrogen and oxygen atoms in total. The number of phenols is 1. The predicted molar refractivity (Wildman–Crippen MR) is 116 cm³/mol. The maximum Gasteiger partial charge on any atom is 0.192 e. The van der Waals surface area contributed by atoms with E-state index < -0.39 is 0 Å². The third kappa shape index (κ3) is 3.13. The first-order valence-corrected chi connectivity index (χ1v) is 10.5. The first-order valence-electron chi connectivity index (χ1n) is 10.5. The minimum atomic E-state index is -0.142. The average Bonchev–Trinajstić information content (AvgIpc) is 2.93. The molecule has 7 heteroatoms. The molecule has 0 spiro atoms. The van der Waals surface area contributed by atoms with E-state index in [9.17, 15) is 9.90 Å². The van der Waals surface area contributed by atoms with Crippen LogP contribution in [0.1, 0.15) is 31.4 Å². The fraction of sp³-hybridized carbons (Fsp3) is 0.435. The molecule has 156 valence electrons. The topological polar surface area (TPSA) is 82.7 Å². The van der Waals surface area contributed by atoms with Crippen molar-refractivity contribution in [3.05, 3.63) is 46.3 Å². The zero-order valence-corrected chi connectivity index (χ0v) is 17.5. The van der Waals surface area contributed by atoms with Crippen LogP contribution in [0.2, 0.25) is 0 Å². The molecule has 2 bridgehead atoms. The number of phenolic OH excluding ortho intramolecular Hbond substituents is 1. The van der Waals surface area contributed by atoms with Gasteiger partial charge in [-0.2, -0.15) is 0 Å². The standard InChI is InChI=1S/C23H26N4O3/c1-13-8-20(28)18-11-17(21(29)12-22(18)30-13)19-6-7-23(25-24-19)27(3)16-9-14-4-5-15(10-16)26(14)2/h6-8,11-12,14-16,29H,4-5,9-10H2,1-3H3. The van der Waals surface area contributed by atoms with E-state index in [0.29, 0.717) is 46.1 Å². The van der Waals surface area contributed by atoms with E-state index in [1.165, 1.54) is 25.0 Å². The Labute approximate surface area is 174 Å². The van der Waals surface area contributed by atoms with Crippen LogP contribution < -0.4 is 10.3 Å². The lowest BCUT2D eigenvalue weighted by Gasteiger charge is -2.40. The first-order chi connectivity index (χ1) is 14.4. The minimum Gasteiger partial charge on any atom is -0.507 e. The van der Waals surface area contributed by atoms with Crippen molar-refractivity contribution in [3.8, 4) is 17.0 Å². The van der Waals surface area contributed by atoms with E-state index in [1.807, 2.05) is 12.1 Å². The summed E-state index contributed by atoms with van der Waals surface area (Å²) in [6.07, 6.45) is 4.86. The van der Waals surface area contributed by atoms with Gasteiger partial charge >= 0.3 is 0 Å². The number of fused-ring (bicyclic) bond motifs is 3. The van der Waals surface area contributed by atoms with Crippen LogP contribution in [0.15, 0.2) is 39.5 Å². The lowest BCUT2D eigenvalue weighted by molar-refractivity contribution is 0.160. The van der Waals surface area contributed by atoms with Gasteiger partial charge in [-0.1, -0.05) is 0 Å². The molecule has 3 aromatic rings. The van der Waals surface area contributed by atoms with Crippen molar-refractivity contribution >= 4 is 16.8 Å². The Morgan fingerprint density at radius 1 is 1.13 bits per heavy atom. The molecule has 2 aliphatic rings. The van der Waals surface area contributed by atoms with Crippen LogP contribution in [0, 0.1) is 6.92 Å². The van der Waals surface area contributed by atoms with Crippen LogP contribution >= 0.6 is 0 Å². The molecule has 2 aliphatic heterocycles. The van der Waals surface area contributed by atoms with Gasteiger partial charge in [0.15, 0.2) is 11.2 Å². The lowest BCUT2D eigenvalue weighted by Crippen LogP contribution is -2.48. The second-order valence-corrected chi connectivity index (χ2v) is 8.65. The Morgan fingerprint density at radius 3 is 2.53 bits per heavy atom. The molecule has 30 heavy (non-hydrogen) atoms. The van der Waals surface area contributed by atoms with E-state index in [-0.39, 0.29) is 11.2 Å². The highest BCUT2D eigenvalue weighted by Crippen LogP contribution is 2.37. The number of anilines is 1. The Hall–Kier alpha value is -2.93.